The molecule has 0 aromatic heterocycles. The first-order chi connectivity index (χ1) is 12.2. The monoisotopic (exact) mass is 418 g/mol. The lowest BCUT2D eigenvalue weighted by molar-refractivity contribution is 0.292. The molecule has 0 radical (unpaired) electrons. The molecule has 2 atom stereocenters. The van der Waals surface area contributed by atoms with Gasteiger partial charge in [0.05, 0.1) is 16.1 Å². The zero-order valence-electron chi connectivity index (χ0n) is 15.6. The maximum atomic E-state index is 12.8. The highest BCUT2D eigenvalue weighted by atomic mass is 35.5. The summed E-state index contributed by atoms with van der Waals surface area (Å²) >= 11 is 11.3. The first-order valence-electron chi connectivity index (χ1n) is 8.85. The average molecular weight is 419 g/mol. The van der Waals surface area contributed by atoms with Crippen molar-refractivity contribution >= 4 is 34.6 Å². The Morgan fingerprint density at radius 1 is 1.35 bits per heavy atom. The third kappa shape index (κ3) is 5.78. The van der Waals surface area contributed by atoms with Crippen molar-refractivity contribution < 1.29 is 9.29 Å². The lowest BCUT2D eigenvalue weighted by atomic mass is 9.86. The number of ether oxygens (including phenoxy) is 1. The van der Waals surface area contributed by atoms with Crippen LogP contribution < -0.4 is 14.8 Å². The second kappa shape index (κ2) is 9.67. The van der Waals surface area contributed by atoms with E-state index in [2.05, 4.69) is 16.6 Å². The molecule has 1 aliphatic rings. The van der Waals surface area contributed by atoms with Gasteiger partial charge < -0.3 is 14.6 Å². The topological polar surface area (TPSA) is 56.3 Å². The summed E-state index contributed by atoms with van der Waals surface area (Å²) in [5.74, 6) is 0.979. The van der Waals surface area contributed by atoms with E-state index in [0.29, 0.717) is 28.3 Å². The van der Waals surface area contributed by atoms with Crippen molar-refractivity contribution in [2.45, 2.75) is 44.4 Å². The van der Waals surface area contributed by atoms with E-state index in [9.17, 15) is 4.55 Å². The highest BCUT2D eigenvalue weighted by Gasteiger charge is 2.35. The van der Waals surface area contributed by atoms with Crippen molar-refractivity contribution in [3.05, 3.63) is 40.4 Å². The molecule has 7 heteroatoms. The molecule has 1 heterocycles. The summed E-state index contributed by atoms with van der Waals surface area (Å²) in [6.45, 7) is 11.8. The van der Waals surface area contributed by atoms with Gasteiger partial charge in [-0.25, -0.2) is 0 Å². The highest BCUT2D eigenvalue weighted by Crippen LogP contribution is 2.40. The van der Waals surface area contributed by atoms with Crippen molar-refractivity contribution in [1.29, 1.82) is 0 Å². The maximum absolute atomic E-state index is 12.8. The third-order valence-electron chi connectivity index (χ3n) is 4.39. The molecule has 2 rings (SSSR count). The Labute approximate surface area is 170 Å². The summed E-state index contributed by atoms with van der Waals surface area (Å²) in [4.78, 5) is 0. The molecule has 2 N–H and O–H groups in total. The van der Waals surface area contributed by atoms with Gasteiger partial charge in [0.2, 0.25) is 0 Å². The highest BCUT2D eigenvalue weighted by molar-refractivity contribution is 7.90. The van der Waals surface area contributed by atoms with Crippen LogP contribution in [0.2, 0.25) is 10.0 Å². The van der Waals surface area contributed by atoms with Gasteiger partial charge in [-0.1, -0.05) is 35.9 Å². The van der Waals surface area contributed by atoms with E-state index >= 15 is 0 Å². The van der Waals surface area contributed by atoms with E-state index in [1.165, 1.54) is 0 Å². The third-order valence-corrected chi connectivity index (χ3v) is 6.69. The van der Waals surface area contributed by atoms with Gasteiger partial charge in [-0.2, -0.15) is 0 Å². The fourth-order valence-corrected chi connectivity index (χ4v) is 4.17. The van der Waals surface area contributed by atoms with Gasteiger partial charge in [-0.15, -0.1) is 4.72 Å². The molecular weight excluding hydrogens is 391 g/mol. The minimum absolute atomic E-state index is 0.133. The summed E-state index contributed by atoms with van der Waals surface area (Å²) in [5.41, 5.74) is 0.894. The summed E-state index contributed by atoms with van der Waals surface area (Å²) in [6.07, 6.45) is 3.66. The van der Waals surface area contributed by atoms with Crippen LogP contribution in [0.5, 0.6) is 5.75 Å². The van der Waals surface area contributed by atoms with E-state index in [0.717, 1.165) is 31.5 Å². The van der Waals surface area contributed by atoms with Crippen LogP contribution in [0.15, 0.2) is 24.8 Å². The smallest absolute Gasteiger partial charge is 0.136 e. The van der Waals surface area contributed by atoms with Crippen LogP contribution in [-0.2, 0) is 11.4 Å². The first kappa shape index (κ1) is 21.9. The predicted molar refractivity (Wildman–Crippen MR) is 112 cm³/mol. The summed E-state index contributed by atoms with van der Waals surface area (Å²) in [5, 5.41) is 4.29. The standard InChI is InChI=1S/C19H28Cl2N2O2S/c1-5-10-25-17-12-16(21)15(20)11-14(17)18(13-6-8-22-9-7-13)23-26(24)19(2,3)4/h5,11-13,18,22-23H,1,6-10H2,2-4H3/t18-,26?/m1/s1. The molecule has 146 valence electrons. The fourth-order valence-electron chi connectivity index (χ4n) is 2.94. The fraction of sp³-hybridized carbons (Fsp3) is 0.579. The Bertz CT molecular complexity index is 616. The van der Waals surface area contributed by atoms with Gasteiger partial charge in [0, 0.05) is 23.0 Å². The SMILES string of the molecule is C=CCOc1cc(Cl)c(Cl)cc1[C@H](N[S+]([O-])C(C)(C)C)C1CCNCC1. The zero-order valence-corrected chi connectivity index (χ0v) is 17.9. The minimum atomic E-state index is -1.22. The molecule has 0 aliphatic carbocycles. The van der Waals surface area contributed by atoms with Crippen molar-refractivity contribution in [1.82, 2.24) is 10.0 Å². The average Bonchev–Trinajstić information content (AvgIpc) is 2.60. The Hall–Kier alpha value is -0.430. The van der Waals surface area contributed by atoms with Crippen molar-refractivity contribution in [3.63, 3.8) is 0 Å². The van der Waals surface area contributed by atoms with Gasteiger partial charge in [0.1, 0.15) is 17.1 Å². The van der Waals surface area contributed by atoms with Crippen LogP contribution in [0.25, 0.3) is 0 Å². The van der Waals surface area contributed by atoms with Gasteiger partial charge in [0.15, 0.2) is 0 Å². The van der Waals surface area contributed by atoms with Crippen LogP contribution in [-0.4, -0.2) is 29.0 Å². The van der Waals surface area contributed by atoms with Crippen LogP contribution in [0, 0.1) is 5.92 Å². The zero-order chi connectivity index (χ0) is 19.3. The molecule has 4 nitrogen and oxygen atoms in total. The van der Waals surface area contributed by atoms with Crippen molar-refractivity contribution in [2.24, 2.45) is 5.92 Å². The van der Waals surface area contributed by atoms with Crippen LogP contribution in [0.1, 0.15) is 45.2 Å². The molecule has 0 amide bonds. The van der Waals surface area contributed by atoms with E-state index in [1.54, 1.807) is 12.1 Å². The molecule has 0 saturated carbocycles. The van der Waals surface area contributed by atoms with Crippen molar-refractivity contribution in [2.75, 3.05) is 19.7 Å². The lowest BCUT2D eigenvalue weighted by Gasteiger charge is -2.35. The lowest BCUT2D eigenvalue weighted by Crippen LogP contribution is -2.45. The van der Waals surface area contributed by atoms with Crippen LogP contribution in [0.4, 0.5) is 0 Å². The number of piperidine rings is 1. The van der Waals surface area contributed by atoms with E-state index < -0.39 is 11.4 Å². The molecule has 0 bridgehead atoms. The minimum Gasteiger partial charge on any atom is -0.598 e. The number of rotatable bonds is 7. The molecule has 1 aromatic rings. The summed E-state index contributed by atoms with van der Waals surface area (Å²) in [7, 11) is 0. The van der Waals surface area contributed by atoms with Gasteiger partial charge >= 0.3 is 0 Å². The van der Waals surface area contributed by atoms with E-state index in [4.69, 9.17) is 27.9 Å². The van der Waals surface area contributed by atoms with Gasteiger partial charge in [-0.3, -0.25) is 0 Å². The van der Waals surface area contributed by atoms with Gasteiger partial charge in [-0.05, 0) is 58.7 Å². The number of hydrogen-bond acceptors (Lipinski definition) is 4. The Kier molecular flexibility index (Phi) is 8.13. The Balaban J connectivity index is 2.42. The number of nitrogens with one attached hydrogen (secondary N) is 2. The number of hydrogen-bond donors (Lipinski definition) is 2. The molecular formula is C19H28Cl2N2O2S. The first-order valence-corrected chi connectivity index (χ1v) is 10.8. The summed E-state index contributed by atoms with van der Waals surface area (Å²) in [6, 6.07) is 3.44. The molecule has 0 spiro atoms. The molecule has 1 unspecified atom stereocenters. The van der Waals surface area contributed by atoms with E-state index in [1.807, 2.05) is 26.8 Å². The summed E-state index contributed by atoms with van der Waals surface area (Å²) < 4.78 is 21.7. The Morgan fingerprint density at radius 3 is 2.54 bits per heavy atom. The number of halogens is 2. The molecule has 1 aromatic carbocycles. The van der Waals surface area contributed by atoms with Crippen LogP contribution in [0.3, 0.4) is 0 Å². The molecule has 26 heavy (non-hydrogen) atoms. The Morgan fingerprint density at radius 2 is 1.96 bits per heavy atom. The second-order valence-electron chi connectivity index (χ2n) is 7.47. The van der Waals surface area contributed by atoms with Gasteiger partial charge in [0.25, 0.3) is 0 Å². The molecule has 1 aliphatic heterocycles. The molecule has 1 saturated heterocycles. The predicted octanol–water partition coefficient (Wildman–Crippen LogP) is 4.65. The normalized spacial score (nSPS) is 18.4. The second-order valence-corrected chi connectivity index (χ2v) is 10.3. The van der Waals surface area contributed by atoms with E-state index in [-0.39, 0.29) is 10.8 Å². The quantitative estimate of drug-likeness (QED) is 0.499. The largest absolute Gasteiger partial charge is 0.598 e. The number of benzene rings is 1. The van der Waals surface area contributed by atoms with Crippen LogP contribution >= 0.6 is 23.2 Å². The molecule has 1 fully saturated rings. The van der Waals surface area contributed by atoms with Crippen molar-refractivity contribution in [3.8, 4) is 5.75 Å². The maximum Gasteiger partial charge on any atom is 0.136 e.